The fourth-order valence-corrected chi connectivity index (χ4v) is 3.68. The molecule has 1 heterocycles. The highest BCUT2D eigenvalue weighted by Crippen LogP contribution is 2.32. The van der Waals surface area contributed by atoms with E-state index in [1.54, 1.807) is 20.1 Å². The van der Waals surface area contributed by atoms with E-state index in [1.807, 2.05) is 68.4 Å². The number of aryl methyl sites for hydroxylation is 3. The van der Waals surface area contributed by atoms with Gasteiger partial charge in [0.25, 0.3) is 0 Å². The number of aliphatic carboxylic acids is 1. The molecule has 0 amide bonds. The lowest BCUT2D eigenvalue weighted by atomic mass is 9.89. The zero-order valence-corrected chi connectivity index (χ0v) is 19.4. The molecule has 1 aromatic heterocycles. The van der Waals surface area contributed by atoms with Gasteiger partial charge < -0.3 is 19.3 Å². The Morgan fingerprint density at radius 2 is 1.67 bits per heavy atom. The first-order valence-electron chi connectivity index (χ1n) is 10.9. The van der Waals surface area contributed by atoms with Crippen molar-refractivity contribution in [2.45, 2.75) is 45.3 Å². The molecule has 174 valence electrons. The highest BCUT2D eigenvalue weighted by atomic mass is 16.6. The Bertz CT molecular complexity index is 1040. The first-order chi connectivity index (χ1) is 15.8. The van der Waals surface area contributed by atoms with Crippen LogP contribution in [-0.4, -0.2) is 40.9 Å². The lowest BCUT2D eigenvalue weighted by Crippen LogP contribution is -2.48. The van der Waals surface area contributed by atoms with Gasteiger partial charge in [-0.1, -0.05) is 42.5 Å². The highest BCUT2D eigenvalue weighted by molar-refractivity contribution is 5.75. The van der Waals surface area contributed by atoms with E-state index in [0.717, 1.165) is 17.7 Å². The first kappa shape index (κ1) is 24.2. The van der Waals surface area contributed by atoms with E-state index in [4.69, 9.17) is 14.2 Å². The number of hydrogen-bond donors (Lipinski definition) is 1. The van der Waals surface area contributed by atoms with Gasteiger partial charge in [-0.15, -0.1) is 0 Å². The molecule has 2 atom stereocenters. The second kappa shape index (κ2) is 10.9. The molecule has 0 aliphatic rings. The van der Waals surface area contributed by atoms with Crippen molar-refractivity contribution in [2.24, 2.45) is 0 Å². The van der Waals surface area contributed by atoms with Crippen LogP contribution in [0.3, 0.4) is 0 Å². The molecular weight excluding hydrogens is 420 g/mol. The molecule has 0 aliphatic heterocycles. The van der Waals surface area contributed by atoms with Crippen molar-refractivity contribution in [2.75, 3.05) is 13.7 Å². The molecule has 0 spiro atoms. The maximum absolute atomic E-state index is 12.3. The Morgan fingerprint density at radius 1 is 1.03 bits per heavy atom. The minimum absolute atomic E-state index is 0.0175. The third-order valence-corrected chi connectivity index (χ3v) is 5.43. The molecule has 0 saturated heterocycles. The Labute approximate surface area is 194 Å². The Kier molecular flexibility index (Phi) is 8.01. The second-order valence-electron chi connectivity index (χ2n) is 8.04. The number of hydrogen-bond acceptors (Lipinski definition) is 6. The first-order valence-corrected chi connectivity index (χ1v) is 10.9. The van der Waals surface area contributed by atoms with Crippen molar-refractivity contribution in [1.29, 1.82) is 0 Å². The molecule has 0 bridgehead atoms. The molecule has 3 aromatic rings. The van der Waals surface area contributed by atoms with Crippen molar-refractivity contribution >= 4 is 5.97 Å². The summed E-state index contributed by atoms with van der Waals surface area (Å²) >= 11 is 0. The summed E-state index contributed by atoms with van der Waals surface area (Å²) in [5.74, 6) is -0.346. The molecule has 33 heavy (non-hydrogen) atoms. The van der Waals surface area contributed by atoms with E-state index in [0.29, 0.717) is 30.0 Å². The predicted molar refractivity (Wildman–Crippen MR) is 125 cm³/mol. The summed E-state index contributed by atoms with van der Waals surface area (Å²) in [6, 6.07) is 18.9. The van der Waals surface area contributed by atoms with Gasteiger partial charge in [0.15, 0.2) is 0 Å². The summed E-state index contributed by atoms with van der Waals surface area (Å²) in [4.78, 5) is 20.8. The van der Waals surface area contributed by atoms with Crippen molar-refractivity contribution in [3.05, 3.63) is 83.2 Å². The van der Waals surface area contributed by atoms with Crippen LogP contribution in [0.5, 0.6) is 11.8 Å². The van der Waals surface area contributed by atoms with Crippen LogP contribution in [0.2, 0.25) is 0 Å². The normalized spacial score (nSPS) is 13.7. The monoisotopic (exact) mass is 450 g/mol. The maximum atomic E-state index is 12.3. The van der Waals surface area contributed by atoms with E-state index >= 15 is 0 Å². The smallest absolute Gasteiger partial charge is 0.348 e. The number of carbonyl (C=O) groups is 1. The van der Waals surface area contributed by atoms with Gasteiger partial charge >= 0.3 is 12.0 Å². The zero-order chi connectivity index (χ0) is 23.8. The molecule has 0 aliphatic carbocycles. The minimum Gasteiger partial charge on any atom is -0.497 e. The van der Waals surface area contributed by atoms with Gasteiger partial charge in [0, 0.05) is 18.0 Å². The summed E-state index contributed by atoms with van der Waals surface area (Å²) in [5, 5.41) is 10.1. The molecule has 0 radical (unpaired) electrons. The number of aromatic nitrogens is 2. The van der Waals surface area contributed by atoms with Crippen molar-refractivity contribution in [1.82, 2.24) is 9.97 Å². The van der Waals surface area contributed by atoms with Crippen LogP contribution in [0.4, 0.5) is 0 Å². The third-order valence-electron chi connectivity index (χ3n) is 5.43. The number of rotatable bonds is 11. The van der Waals surface area contributed by atoms with Crippen LogP contribution in [0.25, 0.3) is 0 Å². The maximum Gasteiger partial charge on any atom is 0.348 e. The van der Waals surface area contributed by atoms with E-state index in [1.165, 1.54) is 0 Å². The van der Waals surface area contributed by atoms with E-state index in [-0.39, 0.29) is 6.01 Å². The van der Waals surface area contributed by atoms with Crippen molar-refractivity contribution in [3.63, 3.8) is 0 Å². The number of methoxy groups -OCH3 is 1. The summed E-state index contributed by atoms with van der Waals surface area (Å²) in [6.45, 7) is 5.70. The van der Waals surface area contributed by atoms with E-state index < -0.39 is 17.7 Å². The Hall–Kier alpha value is -3.45. The Morgan fingerprint density at radius 3 is 2.24 bits per heavy atom. The largest absolute Gasteiger partial charge is 0.497 e. The number of carboxylic acid groups (broad SMARTS) is 1. The summed E-state index contributed by atoms with van der Waals surface area (Å²) < 4.78 is 17.3. The number of nitrogens with zero attached hydrogens (tertiary/aromatic N) is 2. The van der Waals surface area contributed by atoms with Crippen LogP contribution in [0.15, 0.2) is 60.7 Å². The average Bonchev–Trinajstić information content (AvgIpc) is 2.80. The van der Waals surface area contributed by atoms with Crippen LogP contribution >= 0.6 is 0 Å². The van der Waals surface area contributed by atoms with Crippen molar-refractivity contribution < 1.29 is 24.1 Å². The molecule has 3 rings (SSSR count). The highest BCUT2D eigenvalue weighted by Gasteiger charge is 2.44. The van der Waals surface area contributed by atoms with Gasteiger partial charge in [-0.2, -0.15) is 0 Å². The van der Waals surface area contributed by atoms with Gasteiger partial charge in [0.1, 0.15) is 11.4 Å². The van der Waals surface area contributed by atoms with Crippen LogP contribution in [-0.2, 0) is 21.6 Å². The van der Waals surface area contributed by atoms with E-state index in [2.05, 4.69) is 9.97 Å². The quantitative estimate of drug-likeness (QED) is 0.430. The lowest BCUT2D eigenvalue weighted by Gasteiger charge is -2.35. The molecule has 7 heteroatoms. The number of carboxylic acids is 1. The van der Waals surface area contributed by atoms with Gasteiger partial charge in [0.2, 0.25) is 6.10 Å². The lowest BCUT2D eigenvalue weighted by molar-refractivity contribution is -0.168. The fraction of sp³-hybridized carbons (Fsp3) is 0.346. The summed E-state index contributed by atoms with van der Waals surface area (Å²) in [5.41, 5.74) is 1.99. The summed E-state index contributed by atoms with van der Waals surface area (Å²) in [6.07, 6.45) is 0.150. The average molecular weight is 451 g/mol. The molecule has 2 unspecified atom stereocenters. The molecule has 7 nitrogen and oxygen atoms in total. The topological polar surface area (TPSA) is 90.8 Å². The SMILES string of the molecule is COc1ccc(CCCOC(C)(c2ccccc2)C(Oc2nc(C)cc(C)n2)C(=O)O)cc1. The molecule has 1 N–H and O–H groups in total. The predicted octanol–water partition coefficient (Wildman–Crippen LogP) is 4.50. The molecule has 2 aromatic carbocycles. The van der Waals surface area contributed by atoms with Crippen LogP contribution in [0.1, 0.15) is 35.9 Å². The minimum atomic E-state index is -1.35. The molecular formula is C26H30N2O5. The molecule has 0 saturated carbocycles. The second-order valence-corrected chi connectivity index (χ2v) is 8.04. The standard InChI is InChI=1S/C26H30N2O5/c1-18-17-19(2)28-25(27-18)33-23(24(29)30)26(3,21-10-6-5-7-11-21)32-16-8-9-20-12-14-22(31-4)15-13-20/h5-7,10-15,17,23H,8-9,16H2,1-4H3,(H,29,30). The van der Waals surface area contributed by atoms with E-state index in [9.17, 15) is 9.90 Å². The number of benzene rings is 2. The van der Waals surface area contributed by atoms with Crippen molar-refractivity contribution in [3.8, 4) is 11.8 Å². The van der Waals surface area contributed by atoms with Gasteiger partial charge in [-0.3, -0.25) is 0 Å². The summed E-state index contributed by atoms with van der Waals surface area (Å²) in [7, 11) is 1.64. The van der Waals surface area contributed by atoms with Gasteiger partial charge in [0.05, 0.1) is 7.11 Å². The Balaban J connectivity index is 1.79. The van der Waals surface area contributed by atoms with Gasteiger partial charge in [-0.05, 0) is 62.9 Å². The molecule has 0 fully saturated rings. The van der Waals surface area contributed by atoms with Gasteiger partial charge in [-0.25, -0.2) is 14.8 Å². The van der Waals surface area contributed by atoms with Crippen LogP contribution in [0, 0.1) is 13.8 Å². The van der Waals surface area contributed by atoms with Crippen LogP contribution < -0.4 is 9.47 Å². The fourth-order valence-electron chi connectivity index (χ4n) is 3.68. The zero-order valence-electron chi connectivity index (χ0n) is 19.4. The number of ether oxygens (including phenoxy) is 3. The third kappa shape index (κ3) is 6.29.